The van der Waals surface area contributed by atoms with E-state index in [0.717, 1.165) is 35.1 Å². The number of nitrogens with one attached hydrogen (secondary N) is 2. The van der Waals surface area contributed by atoms with Crippen molar-refractivity contribution in [3.63, 3.8) is 0 Å². The van der Waals surface area contributed by atoms with Crippen molar-refractivity contribution < 1.29 is 14.3 Å². The number of hydrogen-bond acceptors (Lipinski definition) is 6. The zero-order valence-corrected chi connectivity index (χ0v) is 18.0. The molecule has 0 saturated carbocycles. The van der Waals surface area contributed by atoms with Crippen LogP contribution in [-0.2, 0) is 16.0 Å². The molecule has 8 heteroatoms. The van der Waals surface area contributed by atoms with Crippen LogP contribution in [0.2, 0.25) is 0 Å². The van der Waals surface area contributed by atoms with Gasteiger partial charge in [0.25, 0.3) is 5.91 Å². The highest BCUT2D eigenvalue weighted by Gasteiger charge is 2.24. The first-order valence-corrected chi connectivity index (χ1v) is 10.7. The largest absolute Gasteiger partial charge is 0.382 e. The van der Waals surface area contributed by atoms with E-state index in [1.165, 1.54) is 0 Å². The SMILES string of the molecule is CCn1ncc2c(NC3CCOCC3)c(C(=O)N[C@H](COC)c3ccccc3)cnc21. The van der Waals surface area contributed by atoms with Crippen LogP contribution in [0.15, 0.2) is 42.7 Å². The second kappa shape index (κ2) is 9.89. The molecule has 1 aliphatic rings. The fourth-order valence-corrected chi connectivity index (χ4v) is 3.94. The number of hydrogen-bond donors (Lipinski definition) is 2. The Morgan fingerprint density at radius 3 is 2.74 bits per heavy atom. The Morgan fingerprint density at radius 2 is 2.03 bits per heavy atom. The molecule has 2 aromatic heterocycles. The molecule has 4 rings (SSSR count). The summed E-state index contributed by atoms with van der Waals surface area (Å²) in [7, 11) is 1.63. The number of benzene rings is 1. The minimum atomic E-state index is -0.260. The Balaban J connectivity index is 1.67. The number of nitrogens with zero attached hydrogens (tertiary/aromatic N) is 3. The molecule has 1 fully saturated rings. The van der Waals surface area contributed by atoms with Crippen molar-refractivity contribution in [1.82, 2.24) is 20.1 Å². The Kier molecular flexibility index (Phi) is 6.79. The average Bonchev–Trinajstić information content (AvgIpc) is 3.24. The van der Waals surface area contributed by atoms with Crippen LogP contribution in [-0.4, -0.2) is 53.6 Å². The van der Waals surface area contributed by atoms with Crippen molar-refractivity contribution >= 4 is 22.6 Å². The van der Waals surface area contributed by atoms with Crippen LogP contribution in [0.4, 0.5) is 5.69 Å². The van der Waals surface area contributed by atoms with Crippen LogP contribution < -0.4 is 10.6 Å². The number of methoxy groups -OCH3 is 1. The number of rotatable bonds is 8. The van der Waals surface area contributed by atoms with Crippen LogP contribution in [0.3, 0.4) is 0 Å². The van der Waals surface area contributed by atoms with Crippen LogP contribution in [0, 0.1) is 0 Å². The molecular weight excluding hydrogens is 394 g/mol. The van der Waals surface area contributed by atoms with Crippen molar-refractivity contribution in [3.8, 4) is 0 Å². The molecule has 0 spiro atoms. The normalized spacial score (nSPS) is 15.7. The Labute approximate surface area is 181 Å². The molecule has 31 heavy (non-hydrogen) atoms. The molecule has 0 bridgehead atoms. The summed E-state index contributed by atoms with van der Waals surface area (Å²) in [6.07, 6.45) is 5.21. The number of amides is 1. The maximum Gasteiger partial charge on any atom is 0.255 e. The lowest BCUT2D eigenvalue weighted by Crippen LogP contribution is -2.33. The zero-order chi connectivity index (χ0) is 21.6. The van der Waals surface area contributed by atoms with Gasteiger partial charge in [-0.25, -0.2) is 9.67 Å². The van der Waals surface area contributed by atoms with Gasteiger partial charge >= 0.3 is 0 Å². The third-order valence-corrected chi connectivity index (χ3v) is 5.62. The standard InChI is InChI=1S/C23H29N5O3/c1-3-28-22-18(14-25-28)21(26-17-9-11-31-12-10-17)19(13-24-22)23(29)27-20(15-30-2)16-7-5-4-6-8-16/h4-8,13-14,17,20H,3,9-12,15H2,1-2H3,(H,24,26)(H,27,29)/t20-/m1/s1. The zero-order valence-electron chi connectivity index (χ0n) is 18.0. The van der Waals surface area contributed by atoms with E-state index in [4.69, 9.17) is 9.47 Å². The molecule has 2 N–H and O–H groups in total. The molecule has 1 atom stereocenters. The third-order valence-electron chi connectivity index (χ3n) is 5.62. The Morgan fingerprint density at radius 1 is 1.26 bits per heavy atom. The van der Waals surface area contributed by atoms with Gasteiger partial charge in [-0.2, -0.15) is 5.10 Å². The van der Waals surface area contributed by atoms with Crippen molar-refractivity contribution in [2.75, 3.05) is 32.2 Å². The highest BCUT2D eigenvalue weighted by molar-refractivity contribution is 6.06. The number of carbonyl (C=O) groups excluding carboxylic acids is 1. The van der Waals surface area contributed by atoms with E-state index in [1.807, 2.05) is 41.9 Å². The van der Waals surface area contributed by atoms with Crippen LogP contribution in [0.5, 0.6) is 0 Å². The molecule has 164 valence electrons. The predicted octanol–water partition coefficient (Wildman–Crippen LogP) is 3.16. The lowest BCUT2D eigenvalue weighted by atomic mass is 10.0. The molecule has 0 radical (unpaired) electrons. The van der Waals surface area contributed by atoms with Gasteiger partial charge in [-0.15, -0.1) is 0 Å². The molecule has 3 aromatic rings. The van der Waals surface area contributed by atoms with Gasteiger partial charge in [-0.3, -0.25) is 4.79 Å². The fraction of sp³-hybridized carbons (Fsp3) is 0.435. The maximum atomic E-state index is 13.4. The highest BCUT2D eigenvalue weighted by atomic mass is 16.5. The van der Waals surface area contributed by atoms with Gasteiger partial charge in [0.15, 0.2) is 5.65 Å². The van der Waals surface area contributed by atoms with E-state index in [0.29, 0.717) is 31.9 Å². The summed E-state index contributed by atoms with van der Waals surface area (Å²) in [5.74, 6) is -0.195. The van der Waals surface area contributed by atoms with Gasteiger partial charge in [0.1, 0.15) is 0 Å². The summed E-state index contributed by atoms with van der Waals surface area (Å²) in [5.41, 5.74) is 3.04. The fourth-order valence-electron chi connectivity index (χ4n) is 3.94. The van der Waals surface area contributed by atoms with Gasteiger partial charge in [-0.1, -0.05) is 30.3 Å². The summed E-state index contributed by atoms with van der Waals surface area (Å²) < 4.78 is 12.7. The van der Waals surface area contributed by atoms with Gasteiger partial charge in [0, 0.05) is 39.1 Å². The monoisotopic (exact) mass is 423 g/mol. The Hall–Kier alpha value is -2.97. The first-order chi connectivity index (χ1) is 15.2. The summed E-state index contributed by atoms with van der Waals surface area (Å²) in [4.78, 5) is 17.9. The van der Waals surface area contributed by atoms with Gasteiger partial charge in [0.2, 0.25) is 0 Å². The third kappa shape index (κ3) is 4.70. The highest BCUT2D eigenvalue weighted by Crippen LogP contribution is 2.29. The lowest BCUT2D eigenvalue weighted by Gasteiger charge is -2.26. The number of carbonyl (C=O) groups is 1. The lowest BCUT2D eigenvalue weighted by molar-refractivity contribution is 0.0892. The van der Waals surface area contributed by atoms with Crippen molar-refractivity contribution in [1.29, 1.82) is 0 Å². The van der Waals surface area contributed by atoms with Gasteiger partial charge in [-0.05, 0) is 25.3 Å². The van der Waals surface area contributed by atoms with Crippen LogP contribution >= 0.6 is 0 Å². The molecule has 1 aliphatic heterocycles. The first kappa shape index (κ1) is 21.3. The van der Waals surface area contributed by atoms with E-state index in [1.54, 1.807) is 19.5 Å². The second-order valence-corrected chi connectivity index (χ2v) is 7.67. The number of aryl methyl sites for hydroxylation is 1. The Bertz CT molecular complexity index is 1010. The summed E-state index contributed by atoms with van der Waals surface area (Å²) in [6, 6.07) is 9.80. The molecule has 1 saturated heterocycles. The van der Waals surface area contributed by atoms with E-state index < -0.39 is 0 Å². The van der Waals surface area contributed by atoms with E-state index in [2.05, 4.69) is 20.7 Å². The molecule has 8 nitrogen and oxygen atoms in total. The number of fused-ring (bicyclic) bond motifs is 1. The smallest absolute Gasteiger partial charge is 0.255 e. The molecular formula is C23H29N5O3. The summed E-state index contributed by atoms with van der Waals surface area (Å²) in [5, 5.41) is 12.0. The van der Waals surface area contributed by atoms with E-state index in [-0.39, 0.29) is 18.0 Å². The minimum absolute atomic E-state index is 0.195. The molecule has 0 aliphatic carbocycles. The van der Waals surface area contributed by atoms with Crippen molar-refractivity contribution in [3.05, 3.63) is 53.9 Å². The van der Waals surface area contributed by atoms with Gasteiger partial charge < -0.3 is 20.1 Å². The number of anilines is 1. The molecule has 3 heterocycles. The molecule has 1 amide bonds. The summed E-state index contributed by atoms with van der Waals surface area (Å²) in [6.45, 7) is 4.54. The van der Waals surface area contributed by atoms with Crippen molar-refractivity contribution in [2.45, 2.75) is 38.4 Å². The second-order valence-electron chi connectivity index (χ2n) is 7.67. The van der Waals surface area contributed by atoms with Crippen LogP contribution in [0.1, 0.15) is 41.7 Å². The van der Waals surface area contributed by atoms with Crippen molar-refractivity contribution in [2.24, 2.45) is 0 Å². The van der Waals surface area contributed by atoms with E-state index >= 15 is 0 Å². The molecule has 1 aromatic carbocycles. The average molecular weight is 424 g/mol. The molecule has 0 unspecified atom stereocenters. The number of ether oxygens (including phenoxy) is 2. The first-order valence-electron chi connectivity index (χ1n) is 10.7. The predicted molar refractivity (Wildman–Crippen MR) is 119 cm³/mol. The summed E-state index contributed by atoms with van der Waals surface area (Å²) >= 11 is 0. The number of pyridine rings is 1. The van der Waals surface area contributed by atoms with Crippen LogP contribution in [0.25, 0.3) is 11.0 Å². The topological polar surface area (TPSA) is 90.3 Å². The quantitative estimate of drug-likeness (QED) is 0.578. The van der Waals surface area contributed by atoms with E-state index in [9.17, 15) is 4.79 Å². The maximum absolute atomic E-state index is 13.4. The van der Waals surface area contributed by atoms with Gasteiger partial charge in [0.05, 0.1) is 35.5 Å². The number of aromatic nitrogens is 3. The minimum Gasteiger partial charge on any atom is -0.382 e.